The van der Waals surface area contributed by atoms with Crippen LogP contribution in [0.4, 0.5) is 0 Å². The lowest BCUT2D eigenvalue weighted by molar-refractivity contribution is -0.129. The Morgan fingerprint density at radius 3 is 1.92 bits per heavy atom. The Hall–Kier alpha value is -3.15. The first-order chi connectivity index (χ1) is 12.5. The van der Waals surface area contributed by atoms with E-state index in [1.165, 1.54) is 0 Å². The first-order valence-electron chi connectivity index (χ1n) is 8.45. The number of hydrogen-bond donors (Lipinski definition) is 3. The molecular weight excluding hydrogens is 330 g/mol. The normalized spacial score (nSPS) is 12.5. The average molecular weight is 353 g/mol. The molecule has 2 aromatic carbocycles. The van der Waals surface area contributed by atoms with E-state index in [2.05, 4.69) is 16.0 Å². The van der Waals surface area contributed by atoms with E-state index in [0.29, 0.717) is 12.1 Å². The van der Waals surface area contributed by atoms with E-state index in [4.69, 9.17) is 0 Å². The van der Waals surface area contributed by atoms with Crippen LogP contribution in [0.2, 0.25) is 0 Å². The van der Waals surface area contributed by atoms with Crippen LogP contribution in [-0.2, 0) is 16.1 Å². The van der Waals surface area contributed by atoms with Gasteiger partial charge in [0.1, 0.15) is 12.1 Å². The third-order valence-electron chi connectivity index (χ3n) is 3.84. The molecule has 0 radical (unpaired) electrons. The topological polar surface area (TPSA) is 87.3 Å². The Morgan fingerprint density at radius 1 is 0.769 bits per heavy atom. The van der Waals surface area contributed by atoms with Gasteiger partial charge < -0.3 is 16.0 Å². The predicted octanol–water partition coefficient (Wildman–Crippen LogP) is 1.63. The number of nitrogens with one attached hydrogen (secondary N) is 3. The van der Waals surface area contributed by atoms with Crippen molar-refractivity contribution in [3.63, 3.8) is 0 Å². The van der Waals surface area contributed by atoms with Gasteiger partial charge in [-0.25, -0.2) is 0 Å². The van der Waals surface area contributed by atoms with E-state index in [9.17, 15) is 14.4 Å². The van der Waals surface area contributed by atoms with E-state index < -0.39 is 18.0 Å². The molecule has 3 amide bonds. The molecule has 2 aromatic rings. The van der Waals surface area contributed by atoms with Crippen LogP contribution in [0.5, 0.6) is 0 Å². The Labute approximate surface area is 153 Å². The van der Waals surface area contributed by atoms with Gasteiger partial charge in [0.25, 0.3) is 5.91 Å². The molecule has 0 spiro atoms. The fourth-order valence-electron chi connectivity index (χ4n) is 2.28. The van der Waals surface area contributed by atoms with Crippen LogP contribution in [0.1, 0.15) is 29.8 Å². The molecule has 0 bridgehead atoms. The molecule has 0 saturated heterocycles. The first kappa shape index (κ1) is 19.2. The summed E-state index contributed by atoms with van der Waals surface area (Å²) < 4.78 is 0. The summed E-state index contributed by atoms with van der Waals surface area (Å²) in [5, 5.41) is 7.99. The van der Waals surface area contributed by atoms with Crippen molar-refractivity contribution in [1.29, 1.82) is 0 Å². The zero-order valence-corrected chi connectivity index (χ0v) is 14.9. The van der Waals surface area contributed by atoms with Crippen molar-refractivity contribution < 1.29 is 14.4 Å². The molecule has 0 fully saturated rings. The van der Waals surface area contributed by atoms with Crippen LogP contribution < -0.4 is 16.0 Å². The van der Waals surface area contributed by atoms with Gasteiger partial charge in [-0.15, -0.1) is 0 Å². The van der Waals surface area contributed by atoms with Gasteiger partial charge in [-0.2, -0.15) is 0 Å². The zero-order chi connectivity index (χ0) is 18.9. The number of hydrogen-bond acceptors (Lipinski definition) is 3. The summed E-state index contributed by atoms with van der Waals surface area (Å²) in [5.41, 5.74) is 1.45. The summed E-state index contributed by atoms with van der Waals surface area (Å²) in [7, 11) is 0. The predicted molar refractivity (Wildman–Crippen MR) is 99.3 cm³/mol. The van der Waals surface area contributed by atoms with E-state index in [-0.39, 0.29) is 11.8 Å². The molecule has 6 heteroatoms. The molecule has 136 valence electrons. The summed E-state index contributed by atoms with van der Waals surface area (Å²) in [6, 6.07) is 16.7. The number of benzene rings is 2. The zero-order valence-electron chi connectivity index (χ0n) is 14.9. The molecule has 0 aliphatic heterocycles. The maximum Gasteiger partial charge on any atom is 0.251 e. The second-order valence-electron chi connectivity index (χ2n) is 5.99. The molecule has 0 saturated carbocycles. The van der Waals surface area contributed by atoms with Gasteiger partial charge in [-0.3, -0.25) is 14.4 Å². The van der Waals surface area contributed by atoms with Crippen molar-refractivity contribution >= 4 is 17.7 Å². The molecule has 0 heterocycles. The Bertz CT molecular complexity index is 747. The van der Waals surface area contributed by atoms with Gasteiger partial charge in [-0.05, 0) is 31.5 Å². The second-order valence-corrected chi connectivity index (χ2v) is 5.99. The maximum absolute atomic E-state index is 12.2. The lowest BCUT2D eigenvalue weighted by Crippen LogP contribution is -2.51. The van der Waals surface area contributed by atoms with Crippen molar-refractivity contribution in [3.05, 3.63) is 71.8 Å². The molecule has 2 rings (SSSR count). The maximum atomic E-state index is 12.2. The highest BCUT2D eigenvalue weighted by Crippen LogP contribution is 2.00. The smallest absolute Gasteiger partial charge is 0.251 e. The minimum absolute atomic E-state index is 0.288. The van der Waals surface area contributed by atoms with Gasteiger partial charge in [0.15, 0.2) is 0 Å². The third kappa shape index (κ3) is 5.73. The number of rotatable bonds is 7. The molecule has 26 heavy (non-hydrogen) atoms. The SMILES string of the molecule is CC(NC(=O)c1ccccc1)C(=O)NC(C)C(=O)NCc1ccccc1. The summed E-state index contributed by atoms with van der Waals surface area (Å²) in [6.07, 6.45) is 0. The fourth-order valence-corrected chi connectivity index (χ4v) is 2.28. The monoisotopic (exact) mass is 353 g/mol. The van der Waals surface area contributed by atoms with E-state index in [1.807, 2.05) is 36.4 Å². The van der Waals surface area contributed by atoms with E-state index in [0.717, 1.165) is 5.56 Å². The minimum Gasteiger partial charge on any atom is -0.350 e. The van der Waals surface area contributed by atoms with Crippen molar-refractivity contribution in [3.8, 4) is 0 Å². The summed E-state index contributed by atoms with van der Waals surface area (Å²) in [4.78, 5) is 36.4. The summed E-state index contributed by atoms with van der Waals surface area (Å²) in [6.45, 7) is 3.56. The molecule has 2 atom stereocenters. The van der Waals surface area contributed by atoms with Crippen molar-refractivity contribution in [2.75, 3.05) is 0 Å². The molecule has 0 aromatic heterocycles. The Balaban J connectivity index is 1.79. The standard InChI is InChI=1S/C20H23N3O3/c1-14(18(24)21-13-16-9-5-3-6-10-16)22-19(25)15(2)23-20(26)17-11-7-4-8-12-17/h3-12,14-15H,13H2,1-2H3,(H,21,24)(H,22,25)(H,23,26). The summed E-state index contributed by atoms with van der Waals surface area (Å²) >= 11 is 0. The van der Waals surface area contributed by atoms with Gasteiger partial charge in [-0.1, -0.05) is 48.5 Å². The molecule has 2 unspecified atom stereocenters. The molecule has 0 aliphatic rings. The third-order valence-corrected chi connectivity index (χ3v) is 3.84. The molecule has 3 N–H and O–H groups in total. The first-order valence-corrected chi connectivity index (χ1v) is 8.45. The second kappa shape index (κ2) is 9.36. The summed E-state index contributed by atoms with van der Waals surface area (Å²) in [5.74, 6) is -1.05. The van der Waals surface area contributed by atoms with Gasteiger partial charge in [0.05, 0.1) is 0 Å². The fraction of sp³-hybridized carbons (Fsp3) is 0.250. The van der Waals surface area contributed by atoms with Crippen LogP contribution in [-0.4, -0.2) is 29.8 Å². The van der Waals surface area contributed by atoms with Crippen LogP contribution in [0, 0.1) is 0 Å². The van der Waals surface area contributed by atoms with E-state index in [1.54, 1.807) is 38.1 Å². The minimum atomic E-state index is -0.757. The van der Waals surface area contributed by atoms with E-state index >= 15 is 0 Å². The largest absolute Gasteiger partial charge is 0.350 e. The van der Waals surface area contributed by atoms with Gasteiger partial charge in [0, 0.05) is 12.1 Å². The quantitative estimate of drug-likeness (QED) is 0.707. The highest BCUT2D eigenvalue weighted by atomic mass is 16.2. The highest BCUT2D eigenvalue weighted by Gasteiger charge is 2.21. The lowest BCUT2D eigenvalue weighted by atomic mass is 10.2. The van der Waals surface area contributed by atoms with Crippen LogP contribution in [0.25, 0.3) is 0 Å². The number of carbonyl (C=O) groups is 3. The van der Waals surface area contributed by atoms with Crippen molar-refractivity contribution in [2.45, 2.75) is 32.5 Å². The molecule has 0 aliphatic carbocycles. The lowest BCUT2D eigenvalue weighted by Gasteiger charge is -2.18. The highest BCUT2D eigenvalue weighted by molar-refractivity contribution is 5.98. The van der Waals surface area contributed by atoms with Crippen LogP contribution in [0.15, 0.2) is 60.7 Å². The Kier molecular flexibility index (Phi) is 6.91. The van der Waals surface area contributed by atoms with Crippen LogP contribution in [0.3, 0.4) is 0 Å². The van der Waals surface area contributed by atoms with Gasteiger partial charge >= 0.3 is 0 Å². The molecule has 6 nitrogen and oxygen atoms in total. The number of carbonyl (C=O) groups excluding carboxylic acids is 3. The van der Waals surface area contributed by atoms with Gasteiger partial charge in [0.2, 0.25) is 11.8 Å². The Morgan fingerprint density at radius 2 is 1.31 bits per heavy atom. The van der Waals surface area contributed by atoms with Crippen molar-refractivity contribution in [1.82, 2.24) is 16.0 Å². The van der Waals surface area contributed by atoms with Crippen molar-refractivity contribution in [2.24, 2.45) is 0 Å². The average Bonchev–Trinajstić information content (AvgIpc) is 2.67. The molecular formula is C20H23N3O3. The van der Waals surface area contributed by atoms with Crippen LogP contribution >= 0.6 is 0 Å². The number of amides is 3.